The van der Waals surface area contributed by atoms with Crippen LogP contribution in [0.3, 0.4) is 0 Å². The average molecular weight is 261 g/mol. The van der Waals surface area contributed by atoms with Gasteiger partial charge in [-0.2, -0.15) is 8.42 Å². The minimum atomic E-state index is -5.05. The standard InChI is InChI=1S/C6H12O9S/c7-1-2(8)3(9)4(10)5(11)6(12)16(13,14)15/h2-5,7-11H,1H2,(H,13,14,15)/t2-,3-,4+,5-/m1/s1/i/hD. The van der Waals surface area contributed by atoms with Crippen molar-refractivity contribution in [2.75, 3.05) is 6.61 Å². The van der Waals surface area contributed by atoms with Gasteiger partial charge in [0, 0.05) is 0 Å². The molecule has 4 atom stereocenters. The van der Waals surface area contributed by atoms with Crippen LogP contribution in [0.1, 0.15) is 0 Å². The predicted octanol–water partition coefficient (Wildman–Crippen LogP) is -4.16. The van der Waals surface area contributed by atoms with E-state index in [1.165, 1.54) is 0 Å². The van der Waals surface area contributed by atoms with Crippen LogP contribution in [0, 0.1) is 0 Å². The number of hydrogen-bond donors (Lipinski definition) is 6. The van der Waals surface area contributed by atoms with Crippen LogP contribution in [-0.2, 0) is 14.9 Å². The van der Waals surface area contributed by atoms with Crippen molar-refractivity contribution in [3.63, 3.8) is 0 Å². The molecule has 0 amide bonds. The Morgan fingerprint density at radius 2 is 1.69 bits per heavy atom. The summed E-state index contributed by atoms with van der Waals surface area (Å²) in [5, 5.41) is 42.6. The molecule has 0 spiro atoms. The summed E-state index contributed by atoms with van der Waals surface area (Å²) in [7, 11) is -5.05. The molecule has 0 rings (SSSR count). The van der Waals surface area contributed by atoms with Crippen LogP contribution in [0.4, 0.5) is 0 Å². The van der Waals surface area contributed by atoms with Gasteiger partial charge in [0.1, 0.15) is 18.3 Å². The predicted molar refractivity (Wildman–Crippen MR) is 47.7 cm³/mol. The smallest absolute Gasteiger partial charge is 0.331 e. The molecule has 0 aromatic carbocycles. The van der Waals surface area contributed by atoms with Crippen LogP contribution < -0.4 is 0 Å². The zero-order valence-electron chi connectivity index (χ0n) is 8.79. The summed E-state index contributed by atoms with van der Waals surface area (Å²) in [6.45, 7) is -0.985. The van der Waals surface area contributed by atoms with E-state index in [0.29, 0.717) is 0 Å². The van der Waals surface area contributed by atoms with Crippen LogP contribution in [0.2, 0.25) is 0 Å². The van der Waals surface area contributed by atoms with Gasteiger partial charge in [0.15, 0.2) is 6.10 Å². The van der Waals surface area contributed by atoms with E-state index in [4.69, 9.17) is 27.0 Å². The molecule has 9 nitrogen and oxygen atoms in total. The van der Waals surface area contributed by atoms with E-state index in [0.717, 1.165) is 0 Å². The molecule has 10 heteroatoms. The van der Waals surface area contributed by atoms with Gasteiger partial charge in [-0.3, -0.25) is 9.35 Å². The van der Waals surface area contributed by atoms with Crippen LogP contribution >= 0.6 is 0 Å². The van der Waals surface area contributed by atoms with Gasteiger partial charge in [0.05, 0.1) is 6.61 Å². The van der Waals surface area contributed by atoms with Crippen LogP contribution in [-0.4, -0.2) is 74.6 Å². The first-order valence-corrected chi connectivity index (χ1v) is 5.36. The molecule has 16 heavy (non-hydrogen) atoms. The number of carbonyl (C=O) groups excluding carboxylic acids is 1. The van der Waals surface area contributed by atoms with Crippen molar-refractivity contribution in [2.45, 2.75) is 24.4 Å². The van der Waals surface area contributed by atoms with E-state index in [2.05, 4.69) is 4.56 Å². The molecular weight excluding hydrogens is 248 g/mol. The molecule has 6 N–H and O–H groups in total. The van der Waals surface area contributed by atoms with Crippen molar-refractivity contribution < 1.29 is 43.3 Å². The topological polar surface area (TPSA) is 173 Å². The Hall–Kier alpha value is -0.620. The summed E-state index contributed by atoms with van der Waals surface area (Å²) in [6, 6.07) is 0. The highest BCUT2D eigenvalue weighted by atomic mass is 32.2. The molecule has 0 aliphatic rings. The average Bonchev–Trinajstić information content (AvgIpc) is 2.33. The van der Waals surface area contributed by atoms with Crippen molar-refractivity contribution in [3.05, 3.63) is 0 Å². The SMILES string of the molecule is [2H]OS(=O)(=O)C(=O)[C@H](O)[C@@H](O)[C@H](O)[C@H](O)CO. The molecule has 0 aromatic heterocycles. The third kappa shape index (κ3) is 3.75. The van der Waals surface area contributed by atoms with Crippen molar-refractivity contribution >= 4 is 15.2 Å². The van der Waals surface area contributed by atoms with Gasteiger partial charge in [-0.1, -0.05) is 0 Å². The summed E-state index contributed by atoms with van der Waals surface area (Å²) >= 11 is 0. The van der Waals surface area contributed by atoms with E-state index in [9.17, 15) is 13.2 Å². The molecule has 0 aliphatic heterocycles. The van der Waals surface area contributed by atoms with Crippen LogP contribution in [0.5, 0.6) is 0 Å². The van der Waals surface area contributed by atoms with Crippen LogP contribution in [0.25, 0.3) is 1.43 Å². The first kappa shape index (κ1) is 13.4. The fraction of sp³-hybridized carbons (Fsp3) is 0.833. The fourth-order valence-electron chi connectivity index (χ4n) is 0.810. The molecular formula is C6H12O9S. The highest BCUT2D eigenvalue weighted by molar-refractivity contribution is 8.01. The molecule has 96 valence electrons. The van der Waals surface area contributed by atoms with Crippen molar-refractivity contribution in [2.24, 2.45) is 0 Å². The van der Waals surface area contributed by atoms with Gasteiger partial charge in [-0.25, -0.2) is 0 Å². The second-order valence-electron chi connectivity index (χ2n) is 2.95. The molecule has 0 radical (unpaired) electrons. The molecule has 0 saturated heterocycles. The summed E-state index contributed by atoms with van der Waals surface area (Å²) in [5.41, 5.74) is 0. The molecule has 0 heterocycles. The van der Waals surface area contributed by atoms with E-state index in [1.54, 1.807) is 0 Å². The van der Waals surface area contributed by atoms with E-state index in [-0.39, 0.29) is 0 Å². The first-order valence-electron chi connectivity index (χ1n) is 4.36. The maximum atomic E-state index is 11.0. The Morgan fingerprint density at radius 3 is 2.06 bits per heavy atom. The maximum Gasteiger partial charge on any atom is 0.331 e. The van der Waals surface area contributed by atoms with Crippen molar-refractivity contribution in [1.82, 2.24) is 0 Å². The van der Waals surface area contributed by atoms with Crippen LogP contribution in [0.15, 0.2) is 0 Å². The Morgan fingerprint density at radius 1 is 1.19 bits per heavy atom. The molecule has 0 unspecified atom stereocenters. The van der Waals surface area contributed by atoms with E-state index in [1.807, 2.05) is 0 Å². The second-order valence-corrected chi connectivity index (χ2v) is 4.26. The van der Waals surface area contributed by atoms with Gasteiger partial charge >= 0.3 is 15.2 Å². The van der Waals surface area contributed by atoms with Crippen molar-refractivity contribution in [3.8, 4) is 0 Å². The minimum absolute atomic E-state index is 0.985. The highest BCUT2D eigenvalue weighted by Crippen LogP contribution is 2.08. The van der Waals surface area contributed by atoms with Gasteiger partial charge < -0.3 is 25.5 Å². The highest BCUT2D eigenvalue weighted by Gasteiger charge is 2.38. The minimum Gasteiger partial charge on any atom is -0.394 e. The van der Waals surface area contributed by atoms with Gasteiger partial charge in [-0.05, 0) is 0 Å². The summed E-state index contributed by atoms with van der Waals surface area (Å²) < 4.78 is 30.5. The lowest BCUT2D eigenvalue weighted by Gasteiger charge is -2.23. The van der Waals surface area contributed by atoms with E-state index >= 15 is 0 Å². The van der Waals surface area contributed by atoms with E-state index < -0.39 is 46.3 Å². The Balaban J connectivity index is 4.83. The Bertz CT molecular complexity index is 354. The number of rotatable bonds is 6. The molecule has 0 aliphatic carbocycles. The van der Waals surface area contributed by atoms with Crippen molar-refractivity contribution in [1.29, 1.82) is 1.43 Å². The molecule has 0 fully saturated rings. The third-order valence-electron chi connectivity index (χ3n) is 1.74. The molecule has 0 saturated carbocycles. The zero-order chi connectivity index (χ0) is 13.8. The lowest BCUT2D eigenvalue weighted by atomic mass is 10.0. The summed E-state index contributed by atoms with van der Waals surface area (Å²) in [5.74, 6) is 0. The second kappa shape index (κ2) is 5.63. The number of aliphatic hydroxyl groups is 5. The monoisotopic (exact) mass is 261 g/mol. The zero-order valence-corrected chi connectivity index (χ0v) is 8.61. The Labute approximate surface area is 91.8 Å². The lowest BCUT2D eigenvalue weighted by Crippen LogP contribution is -2.50. The normalized spacial score (nSPS) is 20.7. The lowest BCUT2D eigenvalue weighted by molar-refractivity contribution is -0.140. The Kier molecular flexibility index (Phi) is 4.73. The number of carbonyl (C=O) groups is 1. The molecule has 0 aromatic rings. The fourth-order valence-corrected chi connectivity index (χ4v) is 1.24. The molecule has 0 bridgehead atoms. The summed E-state index contributed by atoms with van der Waals surface area (Å²) in [6.07, 6.45) is -9.02. The quantitative estimate of drug-likeness (QED) is 0.259. The maximum absolute atomic E-state index is 11.0. The number of hydrogen-bond acceptors (Lipinski definition) is 9. The van der Waals surface area contributed by atoms with Gasteiger partial charge in [0.25, 0.3) is 0 Å². The summed E-state index contributed by atoms with van der Waals surface area (Å²) in [4.78, 5) is 11.0. The van der Waals surface area contributed by atoms with Gasteiger partial charge in [0.2, 0.25) is 1.43 Å². The number of aliphatic hydroxyl groups excluding tert-OH is 5. The first-order chi connectivity index (χ1) is 7.68. The largest absolute Gasteiger partial charge is 0.394 e. The van der Waals surface area contributed by atoms with Gasteiger partial charge in [-0.15, -0.1) is 0 Å². The third-order valence-corrected chi connectivity index (χ3v) is 2.48.